The van der Waals surface area contributed by atoms with Gasteiger partial charge in [0.25, 0.3) is 0 Å². The van der Waals surface area contributed by atoms with Crippen LogP contribution in [0.4, 0.5) is 5.69 Å². The van der Waals surface area contributed by atoms with Gasteiger partial charge in [-0.2, -0.15) is 0 Å². The molecule has 1 aliphatic rings. The van der Waals surface area contributed by atoms with Gasteiger partial charge in [0.1, 0.15) is 5.50 Å². The summed E-state index contributed by atoms with van der Waals surface area (Å²) in [5.41, 5.74) is 7.85. The second-order valence-electron chi connectivity index (χ2n) is 4.00. The topological polar surface area (TPSA) is 67.2 Å². The first-order valence-electron chi connectivity index (χ1n) is 5.72. The number of nitrogens with one attached hydrogen (secondary N) is 2. The van der Waals surface area contributed by atoms with Crippen molar-refractivity contribution in [2.75, 3.05) is 11.1 Å². The van der Waals surface area contributed by atoms with Gasteiger partial charge in [-0.05, 0) is 17.7 Å². The van der Waals surface area contributed by atoms with Crippen LogP contribution in [0.1, 0.15) is 24.9 Å². The van der Waals surface area contributed by atoms with Crippen LogP contribution in [0.2, 0.25) is 0 Å². The number of nitrogens with two attached hydrogens (primary N) is 1. The maximum atomic E-state index is 11.2. The van der Waals surface area contributed by atoms with Crippen molar-refractivity contribution in [3.05, 3.63) is 29.8 Å². The first kappa shape index (κ1) is 12.4. The summed E-state index contributed by atoms with van der Waals surface area (Å²) in [5.74, 6) is 1.02. The van der Waals surface area contributed by atoms with Crippen molar-refractivity contribution in [1.29, 1.82) is 0 Å². The Hall–Kier alpha value is -1.04. The maximum absolute atomic E-state index is 11.2. The van der Waals surface area contributed by atoms with E-state index >= 15 is 0 Å². The lowest BCUT2D eigenvalue weighted by atomic mass is 10.1. The van der Waals surface area contributed by atoms with Gasteiger partial charge in [-0.1, -0.05) is 19.1 Å². The van der Waals surface area contributed by atoms with Gasteiger partial charge in [0.15, 0.2) is 0 Å². The van der Waals surface area contributed by atoms with E-state index in [1.54, 1.807) is 11.8 Å². The molecule has 5 heteroatoms. The molecule has 1 saturated heterocycles. The van der Waals surface area contributed by atoms with Gasteiger partial charge in [-0.25, -0.2) is 0 Å². The fourth-order valence-corrected chi connectivity index (χ4v) is 2.68. The van der Waals surface area contributed by atoms with Crippen molar-refractivity contribution < 1.29 is 4.79 Å². The zero-order valence-corrected chi connectivity index (χ0v) is 10.6. The zero-order valence-electron chi connectivity index (χ0n) is 9.77. The third kappa shape index (κ3) is 3.21. The molecular formula is C12H17N3OS. The monoisotopic (exact) mass is 251 g/mol. The Bertz CT molecular complexity index is 393. The minimum absolute atomic E-state index is 0.0273. The van der Waals surface area contributed by atoms with Crippen LogP contribution in [0.3, 0.4) is 0 Å². The van der Waals surface area contributed by atoms with E-state index < -0.39 is 0 Å². The first-order valence-corrected chi connectivity index (χ1v) is 6.77. The van der Waals surface area contributed by atoms with Gasteiger partial charge in [-0.3, -0.25) is 10.1 Å². The molecule has 0 radical (unpaired) electrons. The Morgan fingerprint density at radius 3 is 2.76 bits per heavy atom. The largest absolute Gasteiger partial charge is 0.326 e. The highest BCUT2D eigenvalue weighted by atomic mass is 32.2. The Kier molecular flexibility index (Phi) is 4.04. The quantitative estimate of drug-likeness (QED) is 0.764. The Labute approximate surface area is 105 Å². The Balaban J connectivity index is 2.00. The molecule has 17 heavy (non-hydrogen) atoms. The van der Waals surface area contributed by atoms with E-state index in [0.29, 0.717) is 12.5 Å². The number of amides is 1. The minimum Gasteiger partial charge on any atom is -0.326 e. The van der Waals surface area contributed by atoms with E-state index in [-0.39, 0.29) is 11.4 Å². The summed E-state index contributed by atoms with van der Waals surface area (Å²) in [6.45, 7) is 1.84. The third-order valence-electron chi connectivity index (χ3n) is 2.73. The van der Waals surface area contributed by atoms with E-state index in [0.717, 1.165) is 11.4 Å². The molecule has 2 atom stereocenters. The van der Waals surface area contributed by atoms with Crippen molar-refractivity contribution >= 4 is 23.4 Å². The molecule has 1 amide bonds. The predicted octanol–water partition coefficient (Wildman–Crippen LogP) is 1.65. The van der Waals surface area contributed by atoms with Crippen LogP contribution in [-0.2, 0) is 4.79 Å². The van der Waals surface area contributed by atoms with Gasteiger partial charge >= 0.3 is 0 Å². The predicted molar refractivity (Wildman–Crippen MR) is 71.7 cm³/mol. The molecule has 92 valence electrons. The molecule has 1 fully saturated rings. The second-order valence-corrected chi connectivity index (χ2v) is 5.17. The van der Waals surface area contributed by atoms with Crippen LogP contribution < -0.4 is 16.4 Å². The van der Waals surface area contributed by atoms with Crippen molar-refractivity contribution in [2.45, 2.75) is 24.9 Å². The molecule has 0 saturated carbocycles. The first-order chi connectivity index (χ1) is 8.19. The summed E-state index contributed by atoms with van der Waals surface area (Å²) in [5, 5.41) is 6.12. The van der Waals surface area contributed by atoms with Crippen molar-refractivity contribution in [3.63, 3.8) is 0 Å². The maximum Gasteiger partial charge on any atom is 0.224 e. The molecule has 0 aliphatic carbocycles. The van der Waals surface area contributed by atoms with Crippen LogP contribution in [0.15, 0.2) is 24.3 Å². The van der Waals surface area contributed by atoms with E-state index in [4.69, 9.17) is 5.73 Å². The molecule has 2 rings (SSSR count). The number of anilines is 1. The highest BCUT2D eigenvalue weighted by Crippen LogP contribution is 2.27. The molecule has 1 aromatic carbocycles. The summed E-state index contributed by atoms with van der Waals surface area (Å²) in [4.78, 5) is 11.2. The number of thioether (sulfide) groups is 1. The molecule has 1 heterocycles. The van der Waals surface area contributed by atoms with Crippen molar-refractivity contribution in [3.8, 4) is 0 Å². The highest BCUT2D eigenvalue weighted by molar-refractivity contribution is 8.00. The van der Waals surface area contributed by atoms with Gasteiger partial charge < -0.3 is 11.1 Å². The minimum atomic E-state index is 0.0273. The molecule has 0 bridgehead atoms. The average Bonchev–Trinajstić information content (AvgIpc) is 2.77. The number of rotatable bonds is 3. The van der Waals surface area contributed by atoms with Crippen LogP contribution >= 0.6 is 11.8 Å². The van der Waals surface area contributed by atoms with Gasteiger partial charge in [0, 0.05) is 23.9 Å². The zero-order chi connectivity index (χ0) is 12.3. The van der Waals surface area contributed by atoms with Crippen molar-refractivity contribution in [2.24, 2.45) is 5.73 Å². The normalized spacial score (nSPS) is 23.6. The van der Waals surface area contributed by atoms with Crippen molar-refractivity contribution in [1.82, 2.24) is 5.32 Å². The van der Waals surface area contributed by atoms with E-state index in [1.165, 1.54) is 5.56 Å². The Morgan fingerprint density at radius 1 is 1.53 bits per heavy atom. The molecule has 4 N–H and O–H groups in total. The summed E-state index contributed by atoms with van der Waals surface area (Å²) in [7, 11) is 0. The lowest BCUT2D eigenvalue weighted by Gasteiger charge is -2.12. The van der Waals surface area contributed by atoms with Gasteiger partial charge in [-0.15, -0.1) is 11.8 Å². The van der Waals surface area contributed by atoms with Crippen LogP contribution in [0.5, 0.6) is 0 Å². The lowest BCUT2D eigenvalue weighted by molar-refractivity contribution is -0.115. The second kappa shape index (κ2) is 5.53. The summed E-state index contributed by atoms with van der Waals surface area (Å²) < 4.78 is 0. The SMILES string of the molecule is CCC(=O)Nc1ccc(C2CSC(N)N2)cc1. The highest BCUT2D eigenvalue weighted by Gasteiger charge is 2.22. The van der Waals surface area contributed by atoms with Gasteiger partial charge in [0.2, 0.25) is 5.91 Å². The fraction of sp³-hybridized carbons (Fsp3) is 0.417. The third-order valence-corrected chi connectivity index (χ3v) is 3.75. The summed E-state index contributed by atoms with van der Waals surface area (Å²) in [6, 6.07) is 8.23. The van der Waals surface area contributed by atoms with E-state index in [9.17, 15) is 4.79 Å². The molecule has 2 unspecified atom stereocenters. The van der Waals surface area contributed by atoms with E-state index in [2.05, 4.69) is 10.6 Å². The van der Waals surface area contributed by atoms with Crippen LogP contribution in [0, 0.1) is 0 Å². The molecular weight excluding hydrogens is 234 g/mol. The fourth-order valence-electron chi connectivity index (χ4n) is 1.73. The molecule has 1 aliphatic heterocycles. The lowest BCUT2D eigenvalue weighted by Crippen LogP contribution is -2.30. The Morgan fingerprint density at radius 2 is 2.24 bits per heavy atom. The molecule has 1 aromatic rings. The average molecular weight is 251 g/mol. The molecule has 0 aromatic heterocycles. The number of hydrogen-bond donors (Lipinski definition) is 3. The number of benzene rings is 1. The summed E-state index contributed by atoms with van der Waals surface area (Å²) in [6.07, 6.45) is 0.497. The number of carbonyl (C=O) groups is 1. The molecule has 0 spiro atoms. The van der Waals surface area contributed by atoms with E-state index in [1.807, 2.05) is 31.2 Å². The van der Waals surface area contributed by atoms with Crippen LogP contribution in [-0.4, -0.2) is 17.2 Å². The smallest absolute Gasteiger partial charge is 0.224 e. The number of carbonyl (C=O) groups excluding carboxylic acids is 1. The van der Waals surface area contributed by atoms with Crippen LogP contribution in [0.25, 0.3) is 0 Å². The number of hydrogen-bond acceptors (Lipinski definition) is 4. The standard InChI is InChI=1S/C12H17N3OS/c1-2-11(16)14-9-5-3-8(4-6-9)10-7-17-12(13)15-10/h3-6,10,12,15H,2,7,13H2,1H3,(H,14,16). The summed E-state index contributed by atoms with van der Waals surface area (Å²) >= 11 is 1.72. The van der Waals surface area contributed by atoms with Gasteiger partial charge in [0.05, 0.1) is 0 Å². The molecule has 4 nitrogen and oxygen atoms in total.